The van der Waals surface area contributed by atoms with Crippen molar-refractivity contribution in [3.05, 3.63) is 29.8 Å². The van der Waals surface area contributed by atoms with Gasteiger partial charge in [-0.1, -0.05) is 12.1 Å². The van der Waals surface area contributed by atoms with Gasteiger partial charge in [-0.2, -0.15) is 0 Å². The van der Waals surface area contributed by atoms with Crippen LogP contribution < -0.4 is 4.74 Å². The van der Waals surface area contributed by atoms with Crippen molar-refractivity contribution in [3.8, 4) is 5.75 Å². The van der Waals surface area contributed by atoms with Crippen LogP contribution in [0.4, 0.5) is 0 Å². The molecule has 118 valence electrons. The first kappa shape index (κ1) is 16.2. The number of aliphatic hydroxyl groups excluding tert-OH is 2. The molecule has 0 radical (unpaired) electrons. The van der Waals surface area contributed by atoms with Crippen LogP contribution in [0.3, 0.4) is 0 Å². The van der Waals surface area contributed by atoms with E-state index in [9.17, 15) is 5.11 Å². The Kier molecular flexibility index (Phi) is 6.45. The number of rotatable bonds is 7. The lowest BCUT2D eigenvalue weighted by Gasteiger charge is -2.35. The normalized spacial score (nSPS) is 18.6. The number of piperazine rings is 1. The lowest BCUT2D eigenvalue weighted by atomic mass is 10.2. The van der Waals surface area contributed by atoms with Crippen molar-refractivity contribution < 1.29 is 14.9 Å². The van der Waals surface area contributed by atoms with E-state index in [0.717, 1.165) is 44.0 Å². The second kappa shape index (κ2) is 8.34. The van der Waals surface area contributed by atoms with E-state index in [1.165, 1.54) is 0 Å². The molecule has 0 aliphatic carbocycles. The monoisotopic (exact) mass is 294 g/mol. The van der Waals surface area contributed by atoms with Crippen molar-refractivity contribution in [3.63, 3.8) is 0 Å². The minimum Gasteiger partial charge on any atom is -0.491 e. The highest BCUT2D eigenvalue weighted by atomic mass is 16.5. The fraction of sp³-hybridized carbons (Fsp3) is 0.625. The molecule has 0 unspecified atom stereocenters. The molecule has 0 amide bonds. The Bertz CT molecular complexity index is 420. The number of hydrogen-bond acceptors (Lipinski definition) is 5. The van der Waals surface area contributed by atoms with Gasteiger partial charge in [-0.15, -0.1) is 0 Å². The third-order valence-corrected chi connectivity index (χ3v) is 3.78. The molecule has 1 atom stereocenters. The fourth-order valence-corrected chi connectivity index (χ4v) is 2.59. The third-order valence-electron chi connectivity index (χ3n) is 3.78. The second-order valence-electron chi connectivity index (χ2n) is 5.65. The molecule has 1 aliphatic heterocycles. The number of hydrogen-bond donors (Lipinski definition) is 2. The molecule has 1 aliphatic rings. The van der Waals surface area contributed by atoms with E-state index in [1.54, 1.807) is 0 Å². The standard InChI is InChI=1S/C16H26N2O3/c1-14-3-2-4-16(11-14)21-13-15(20)12-18-7-5-17(6-8-18)9-10-19/h2-4,11,15,19-20H,5-10,12-13H2,1H3/t15-/m1/s1. The van der Waals surface area contributed by atoms with Gasteiger partial charge in [0, 0.05) is 39.3 Å². The van der Waals surface area contributed by atoms with E-state index < -0.39 is 6.10 Å². The van der Waals surface area contributed by atoms with Gasteiger partial charge in [0.15, 0.2) is 0 Å². The molecule has 1 heterocycles. The molecular formula is C16H26N2O3. The molecule has 5 nitrogen and oxygen atoms in total. The summed E-state index contributed by atoms with van der Waals surface area (Å²) in [7, 11) is 0. The van der Waals surface area contributed by atoms with Gasteiger partial charge >= 0.3 is 0 Å². The third kappa shape index (κ3) is 5.63. The maximum Gasteiger partial charge on any atom is 0.119 e. The minimum atomic E-state index is -0.477. The van der Waals surface area contributed by atoms with E-state index in [4.69, 9.17) is 9.84 Å². The van der Waals surface area contributed by atoms with Crippen LogP contribution in [-0.4, -0.2) is 78.6 Å². The molecule has 1 saturated heterocycles. The summed E-state index contributed by atoms with van der Waals surface area (Å²) in [5.41, 5.74) is 1.15. The second-order valence-corrected chi connectivity index (χ2v) is 5.65. The zero-order chi connectivity index (χ0) is 15.1. The topological polar surface area (TPSA) is 56.2 Å². The van der Waals surface area contributed by atoms with Crippen molar-refractivity contribution in [2.75, 3.05) is 52.5 Å². The zero-order valence-corrected chi connectivity index (χ0v) is 12.7. The SMILES string of the molecule is Cc1cccc(OC[C@H](O)CN2CCN(CCO)CC2)c1. The number of aliphatic hydroxyl groups is 2. The Balaban J connectivity index is 1.67. The van der Waals surface area contributed by atoms with Crippen LogP contribution in [-0.2, 0) is 0 Å². The molecule has 21 heavy (non-hydrogen) atoms. The molecular weight excluding hydrogens is 268 g/mol. The summed E-state index contributed by atoms with van der Waals surface area (Å²) in [5, 5.41) is 19.0. The average molecular weight is 294 g/mol. The molecule has 0 bridgehead atoms. The first-order chi connectivity index (χ1) is 10.2. The highest BCUT2D eigenvalue weighted by Crippen LogP contribution is 2.12. The van der Waals surface area contributed by atoms with Crippen molar-refractivity contribution in [2.45, 2.75) is 13.0 Å². The Morgan fingerprint density at radius 1 is 1.19 bits per heavy atom. The molecule has 1 fully saturated rings. The smallest absolute Gasteiger partial charge is 0.119 e. The number of nitrogens with zero attached hydrogens (tertiary/aromatic N) is 2. The summed E-state index contributed by atoms with van der Waals surface area (Å²) in [4.78, 5) is 4.49. The first-order valence-electron chi connectivity index (χ1n) is 7.60. The van der Waals surface area contributed by atoms with E-state index in [1.807, 2.05) is 31.2 Å². The van der Waals surface area contributed by atoms with Gasteiger partial charge in [-0.3, -0.25) is 9.80 Å². The van der Waals surface area contributed by atoms with Crippen LogP contribution in [0.25, 0.3) is 0 Å². The highest BCUT2D eigenvalue weighted by molar-refractivity contribution is 5.27. The summed E-state index contributed by atoms with van der Waals surface area (Å²) in [5.74, 6) is 0.807. The minimum absolute atomic E-state index is 0.215. The van der Waals surface area contributed by atoms with Crippen LogP contribution in [0.5, 0.6) is 5.75 Å². The van der Waals surface area contributed by atoms with Gasteiger partial charge in [0.2, 0.25) is 0 Å². The maximum absolute atomic E-state index is 10.1. The Labute approximate surface area is 126 Å². The summed E-state index contributed by atoms with van der Waals surface area (Å²) < 4.78 is 5.63. The van der Waals surface area contributed by atoms with Crippen molar-refractivity contribution in [2.24, 2.45) is 0 Å². The van der Waals surface area contributed by atoms with Gasteiger partial charge in [0.1, 0.15) is 18.5 Å². The summed E-state index contributed by atoms with van der Waals surface area (Å²) >= 11 is 0. The van der Waals surface area contributed by atoms with Gasteiger partial charge in [0.25, 0.3) is 0 Å². The van der Waals surface area contributed by atoms with Gasteiger partial charge in [-0.05, 0) is 24.6 Å². The molecule has 0 aromatic heterocycles. The predicted octanol–water partition coefficient (Wildman–Crippen LogP) is 0.345. The predicted molar refractivity (Wildman–Crippen MR) is 82.6 cm³/mol. The number of aryl methyl sites for hydroxylation is 1. The lowest BCUT2D eigenvalue weighted by molar-refractivity contribution is 0.0428. The molecule has 1 aromatic rings. The first-order valence-corrected chi connectivity index (χ1v) is 7.60. The highest BCUT2D eigenvalue weighted by Gasteiger charge is 2.19. The van der Waals surface area contributed by atoms with Crippen molar-refractivity contribution >= 4 is 0 Å². The van der Waals surface area contributed by atoms with Crippen molar-refractivity contribution in [1.29, 1.82) is 0 Å². The van der Waals surface area contributed by atoms with Gasteiger partial charge < -0.3 is 14.9 Å². The zero-order valence-electron chi connectivity index (χ0n) is 12.7. The lowest BCUT2D eigenvalue weighted by Crippen LogP contribution is -2.49. The molecule has 5 heteroatoms. The van der Waals surface area contributed by atoms with E-state index in [-0.39, 0.29) is 6.61 Å². The molecule has 0 saturated carbocycles. The Morgan fingerprint density at radius 3 is 2.57 bits per heavy atom. The Morgan fingerprint density at radius 2 is 1.90 bits per heavy atom. The summed E-state index contributed by atoms with van der Waals surface area (Å²) in [6, 6.07) is 7.86. The van der Waals surface area contributed by atoms with Crippen molar-refractivity contribution in [1.82, 2.24) is 9.80 Å². The fourth-order valence-electron chi connectivity index (χ4n) is 2.59. The summed E-state index contributed by atoms with van der Waals surface area (Å²) in [6.07, 6.45) is -0.477. The van der Waals surface area contributed by atoms with E-state index >= 15 is 0 Å². The van der Waals surface area contributed by atoms with E-state index in [2.05, 4.69) is 9.80 Å². The number of ether oxygens (including phenoxy) is 1. The number of β-amino-alcohol motifs (C(OH)–C–C–N with tert-alkyl or cyclic N) is 2. The van der Waals surface area contributed by atoms with Crippen LogP contribution in [0.2, 0.25) is 0 Å². The maximum atomic E-state index is 10.1. The van der Waals surface area contributed by atoms with Gasteiger partial charge in [-0.25, -0.2) is 0 Å². The quantitative estimate of drug-likeness (QED) is 0.760. The molecule has 2 N–H and O–H groups in total. The molecule has 2 rings (SSSR count). The van der Waals surface area contributed by atoms with Gasteiger partial charge in [0.05, 0.1) is 6.61 Å². The van der Waals surface area contributed by atoms with Crippen LogP contribution in [0, 0.1) is 6.92 Å². The summed E-state index contributed by atoms with van der Waals surface area (Å²) in [6.45, 7) is 7.70. The van der Waals surface area contributed by atoms with Crippen LogP contribution in [0.1, 0.15) is 5.56 Å². The van der Waals surface area contributed by atoms with Crippen LogP contribution >= 0.6 is 0 Å². The van der Waals surface area contributed by atoms with Crippen LogP contribution in [0.15, 0.2) is 24.3 Å². The molecule has 1 aromatic carbocycles. The average Bonchev–Trinajstić information content (AvgIpc) is 2.48. The number of benzene rings is 1. The largest absolute Gasteiger partial charge is 0.491 e. The molecule has 0 spiro atoms. The van der Waals surface area contributed by atoms with E-state index in [0.29, 0.717) is 13.2 Å². The Hall–Kier alpha value is -1.14.